The Morgan fingerprint density at radius 2 is 1.80 bits per heavy atom. The van der Waals surface area contributed by atoms with Crippen LogP contribution in [0.4, 0.5) is 0 Å². The van der Waals surface area contributed by atoms with Crippen LogP contribution in [0.3, 0.4) is 0 Å². The average Bonchev–Trinajstić information content (AvgIpc) is 2.25. The van der Waals surface area contributed by atoms with Crippen LogP contribution in [0.25, 0.3) is 11.1 Å². The van der Waals surface area contributed by atoms with Gasteiger partial charge in [0.15, 0.2) is 0 Å². The highest BCUT2D eigenvalue weighted by Gasteiger charge is 2.02. The molecule has 1 heterocycles. The van der Waals surface area contributed by atoms with Crippen molar-refractivity contribution in [1.29, 1.82) is 0 Å². The van der Waals surface area contributed by atoms with Crippen molar-refractivity contribution in [2.24, 2.45) is 7.05 Å². The molecule has 0 spiro atoms. The summed E-state index contributed by atoms with van der Waals surface area (Å²) < 4.78 is 1.61. The second kappa shape index (κ2) is 3.73. The van der Waals surface area contributed by atoms with E-state index in [1.165, 1.54) is 0 Å². The lowest BCUT2D eigenvalue weighted by atomic mass is 10.0. The van der Waals surface area contributed by atoms with Gasteiger partial charge in [-0.1, -0.05) is 30.3 Å². The molecule has 0 unspecified atom stereocenters. The Kier molecular flexibility index (Phi) is 2.42. The van der Waals surface area contributed by atoms with E-state index in [2.05, 4.69) is 0 Å². The topological polar surface area (TPSA) is 22.0 Å². The molecule has 2 aromatic rings. The van der Waals surface area contributed by atoms with Gasteiger partial charge in [0, 0.05) is 24.9 Å². The van der Waals surface area contributed by atoms with Crippen LogP contribution in [0, 0.1) is 6.92 Å². The summed E-state index contributed by atoms with van der Waals surface area (Å²) in [6.45, 7) is 1.96. The maximum atomic E-state index is 11.4. The van der Waals surface area contributed by atoms with Crippen LogP contribution in [0.5, 0.6) is 0 Å². The first-order valence-corrected chi connectivity index (χ1v) is 4.91. The third-order valence-corrected chi connectivity index (χ3v) is 2.52. The number of nitrogens with zero attached hydrogens (tertiary/aromatic N) is 1. The van der Waals surface area contributed by atoms with Gasteiger partial charge in [-0.15, -0.1) is 0 Å². The molecule has 0 saturated carbocycles. The number of aromatic nitrogens is 1. The maximum Gasteiger partial charge on any atom is 0.250 e. The van der Waals surface area contributed by atoms with E-state index < -0.39 is 0 Å². The zero-order chi connectivity index (χ0) is 10.8. The molecule has 0 aliphatic heterocycles. The number of rotatable bonds is 1. The molecule has 2 heteroatoms. The van der Waals surface area contributed by atoms with Gasteiger partial charge in [0.1, 0.15) is 0 Å². The normalized spacial score (nSPS) is 10.3. The van der Waals surface area contributed by atoms with E-state index in [1.54, 1.807) is 17.7 Å². The standard InChI is InChI=1S/C13H13NO/c1-10-8-13(15)14(2)9-12(10)11-6-4-3-5-7-11/h3-9H,1-2H3. The van der Waals surface area contributed by atoms with E-state index in [-0.39, 0.29) is 5.56 Å². The van der Waals surface area contributed by atoms with Crippen molar-refractivity contribution >= 4 is 0 Å². The van der Waals surface area contributed by atoms with Gasteiger partial charge >= 0.3 is 0 Å². The molecule has 2 nitrogen and oxygen atoms in total. The Bertz CT molecular complexity index is 526. The van der Waals surface area contributed by atoms with Gasteiger partial charge in [0.2, 0.25) is 0 Å². The molecule has 1 aromatic heterocycles. The van der Waals surface area contributed by atoms with Crippen molar-refractivity contribution in [2.45, 2.75) is 6.92 Å². The van der Waals surface area contributed by atoms with Gasteiger partial charge in [-0.3, -0.25) is 4.79 Å². The molecule has 0 amide bonds. The average molecular weight is 199 g/mol. The first-order valence-electron chi connectivity index (χ1n) is 4.91. The minimum absolute atomic E-state index is 0.0344. The van der Waals surface area contributed by atoms with E-state index in [4.69, 9.17) is 0 Å². The van der Waals surface area contributed by atoms with Gasteiger partial charge in [-0.2, -0.15) is 0 Å². The van der Waals surface area contributed by atoms with Gasteiger partial charge in [-0.25, -0.2) is 0 Å². The number of hydrogen-bond acceptors (Lipinski definition) is 1. The molecular weight excluding hydrogens is 186 g/mol. The Balaban J connectivity index is 2.64. The lowest BCUT2D eigenvalue weighted by Crippen LogP contribution is -2.15. The summed E-state index contributed by atoms with van der Waals surface area (Å²) in [5.41, 5.74) is 3.31. The fourth-order valence-corrected chi connectivity index (χ4v) is 1.64. The molecule has 0 fully saturated rings. The summed E-state index contributed by atoms with van der Waals surface area (Å²) in [6, 6.07) is 11.8. The number of aryl methyl sites for hydroxylation is 2. The molecule has 0 aliphatic carbocycles. The zero-order valence-electron chi connectivity index (χ0n) is 8.90. The molecule has 0 bridgehead atoms. The van der Waals surface area contributed by atoms with Crippen molar-refractivity contribution in [3.8, 4) is 11.1 Å². The Labute approximate surface area is 88.8 Å². The smallest absolute Gasteiger partial charge is 0.250 e. The highest BCUT2D eigenvalue weighted by molar-refractivity contribution is 5.65. The summed E-state index contributed by atoms with van der Waals surface area (Å²) in [5, 5.41) is 0. The fraction of sp³-hybridized carbons (Fsp3) is 0.154. The summed E-state index contributed by atoms with van der Waals surface area (Å²) >= 11 is 0. The van der Waals surface area contributed by atoms with Crippen molar-refractivity contribution < 1.29 is 0 Å². The van der Waals surface area contributed by atoms with Gasteiger partial charge in [0.25, 0.3) is 5.56 Å². The lowest BCUT2D eigenvalue weighted by molar-refractivity contribution is 0.858. The Morgan fingerprint density at radius 3 is 2.47 bits per heavy atom. The van der Waals surface area contributed by atoms with E-state index >= 15 is 0 Å². The van der Waals surface area contributed by atoms with Crippen molar-refractivity contribution in [2.75, 3.05) is 0 Å². The first kappa shape index (κ1) is 9.71. The maximum absolute atomic E-state index is 11.4. The molecule has 2 rings (SSSR count). The molecular formula is C13H13NO. The predicted molar refractivity (Wildman–Crippen MR) is 61.9 cm³/mol. The Morgan fingerprint density at radius 1 is 1.13 bits per heavy atom. The minimum atomic E-state index is 0.0344. The van der Waals surface area contributed by atoms with Gasteiger partial charge in [0.05, 0.1) is 0 Å². The number of benzene rings is 1. The van der Waals surface area contributed by atoms with Crippen LogP contribution in [0.2, 0.25) is 0 Å². The molecule has 0 radical (unpaired) electrons. The third-order valence-electron chi connectivity index (χ3n) is 2.52. The SMILES string of the molecule is Cc1cc(=O)n(C)cc1-c1ccccc1. The van der Waals surface area contributed by atoms with Crippen LogP contribution in [0.1, 0.15) is 5.56 Å². The largest absolute Gasteiger partial charge is 0.318 e. The van der Waals surface area contributed by atoms with E-state index in [0.717, 1.165) is 16.7 Å². The van der Waals surface area contributed by atoms with Crippen LogP contribution in [-0.4, -0.2) is 4.57 Å². The molecule has 15 heavy (non-hydrogen) atoms. The molecule has 76 valence electrons. The zero-order valence-corrected chi connectivity index (χ0v) is 8.90. The summed E-state index contributed by atoms with van der Waals surface area (Å²) in [7, 11) is 1.77. The van der Waals surface area contributed by atoms with Crippen LogP contribution in [-0.2, 0) is 7.05 Å². The summed E-state index contributed by atoms with van der Waals surface area (Å²) in [4.78, 5) is 11.4. The predicted octanol–water partition coefficient (Wildman–Crippen LogP) is 2.36. The van der Waals surface area contributed by atoms with E-state index in [9.17, 15) is 4.79 Å². The van der Waals surface area contributed by atoms with Crippen LogP contribution in [0.15, 0.2) is 47.4 Å². The van der Waals surface area contributed by atoms with Crippen LogP contribution < -0.4 is 5.56 Å². The summed E-state index contributed by atoms with van der Waals surface area (Å²) in [5.74, 6) is 0. The number of pyridine rings is 1. The fourth-order valence-electron chi connectivity index (χ4n) is 1.64. The van der Waals surface area contributed by atoms with Crippen LogP contribution >= 0.6 is 0 Å². The lowest BCUT2D eigenvalue weighted by Gasteiger charge is -2.07. The quantitative estimate of drug-likeness (QED) is 0.691. The monoisotopic (exact) mass is 199 g/mol. The molecule has 0 saturated heterocycles. The molecule has 0 N–H and O–H groups in total. The molecule has 1 aromatic carbocycles. The van der Waals surface area contributed by atoms with Crippen molar-refractivity contribution in [3.05, 3.63) is 58.5 Å². The second-order valence-electron chi connectivity index (χ2n) is 3.69. The number of hydrogen-bond donors (Lipinski definition) is 0. The highest BCUT2D eigenvalue weighted by atomic mass is 16.1. The van der Waals surface area contributed by atoms with Gasteiger partial charge < -0.3 is 4.57 Å². The molecule has 0 aliphatic rings. The first-order chi connectivity index (χ1) is 7.18. The Hall–Kier alpha value is -1.83. The molecule has 0 atom stereocenters. The highest BCUT2D eigenvalue weighted by Crippen LogP contribution is 2.20. The third kappa shape index (κ3) is 1.84. The van der Waals surface area contributed by atoms with Crippen molar-refractivity contribution in [1.82, 2.24) is 4.57 Å². The van der Waals surface area contributed by atoms with Crippen molar-refractivity contribution in [3.63, 3.8) is 0 Å². The van der Waals surface area contributed by atoms with E-state index in [0.29, 0.717) is 0 Å². The second-order valence-corrected chi connectivity index (χ2v) is 3.69. The minimum Gasteiger partial charge on any atom is -0.318 e. The van der Waals surface area contributed by atoms with E-state index in [1.807, 2.05) is 43.5 Å². The summed E-state index contributed by atoms with van der Waals surface area (Å²) in [6.07, 6.45) is 1.88. The van der Waals surface area contributed by atoms with Gasteiger partial charge in [-0.05, 0) is 18.1 Å².